The zero-order valence-electron chi connectivity index (χ0n) is 3.64. The van der Waals surface area contributed by atoms with Gasteiger partial charge in [-0.3, -0.25) is 0 Å². The first-order valence-corrected chi connectivity index (χ1v) is 1.79. The maximum absolute atomic E-state index is 8.93. The molecule has 0 atom stereocenters. The van der Waals surface area contributed by atoms with Crippen molar-refractivity contribution in [3.63, 3.8) is 0 Å². The van der Waals surface area contributed by atoms with E-state index >= 15 is 0 Å². The molecule has 0 unspecified atom stereocenters. The van der Waals surface area contributed by atoms with Crippen molar-refractivity contribution in [2.75, 3.05) is 0 Å². The summed E-state index contributed by atoms with van der Waals surface area (Å²) in [5.74, 6) is -4.37. The summed E-state index contributed by atoms with van der Waals surface area (Å²) < 4.78 is 8.06. The summed E-state index contributed by atoms with van der Waals surface area (Å²) in [4.78, 5) is 17.9. The van der Waals surface area contributed by atoms with Crippen molar-refractivity contribution in [1.29, 1.82) is 0 Å². The van der Waals surface area contributed by atoms with E-state index in [1.807, 2.05) is 0 Å². The molecule has 9 heavy (non-hydrogen) atoms. The van der Waals surface area contributed by atoms with Gasteiger partial charge < -0.3 is 19.8 Å². The molecule has 0 bridgehead atoms. The molecular formula is C2Ag2O5. The van der Waals surface area contributed by atoms with Gasteiger partial charge in [0.05, 0.1) is 11.9 Å². The van der Waals surface area contributed by atoms with E-state index in [-0.39, 0.29) is 22.4 Å². The van der Waals surface area contributed by atoms with Crippen molar-refractivity contribution in [2.24, 2.45) is 0 Å². The van der Waals surface area contributed by atoms with Gasteiger partial charge in [0.1, 0.15) is 0 Å². The van der Waals surface area contributed by atoms with Crippen LogP contribution in [0.2, 0.25) is 0 Å². The number of hydrogen-bond acceptors (Lipinski definition) is 5. The van der Waals surface area contributed by atoms with E-state index in [0.29, 0.717) is 0 Å². The Labute approximate surface area is 78.2 Å². The van der Waals surface area contributed by atoms with Crippen molar-refractivity contribution in [1.82, 2.24) is 0 Å². The standard InChI is InChI=1S/C2H2O4.2Ag.O/c3-1(4)2(5)6;;;/h(H,3,4)(H,5,6);;;/q;;+2;/p-2. The van der Waals surface area contributed by atoms with Crippen LogP contribution in [-0.4, -0.2) is 11.9 Å². The number of carboxylic acids is 2. The topological polar surface area (TPSA) is 97.3 Å². The molecule has 0 fully saturated rings. The summed E-state index contributed by atoms with van der Waals surface area (Å²) in [5.41, 5.74) is 0. The normalized spacial score (nSPS) is 5.56. The first-order valence-electron chi connectivity index (χ1n) is 1.19. The van der Waals surface area contributed by atoms with Gasteiger partial charge in [-0.2, -0.15) is 0 Å². The van der Waals surface area contributed by atoms with Crippen LogP contribution < -0.4 is 10.2 Å². The fraction of sp³-hybridized carbons (Fsp3) is 0. The van der Waals surface area contributed by atoms with Crippen LogP contribution in [0.5, 0.6) is 0 Å². The summed E-state index contributed by atoms with van der Waals surface area (Å²) >= 11 is 1.70. The van der Waals surface area contributed by atoms with Gasteiger partial charge in [0.15, 0.2) is 0 Å². The fourth-order valence-corrected chi connectivity index (χ4v) is 0. The Kier molecular flexibility index (Phi) is 19.8. The first kappa shape index (κ1) is 16.1. The second-order valence-electron chi connectivity index (χ2n) is 0.575. The Morgan fingerprint density at radius 1 is 1.00 bits per heavy atom. The van der Waals surface area contributed by atoms with E-state index in [9.17, 15) is 0 Å². The Hall–Kier alpha value is 0.221. The molecule has 7 heteroatoms. The number of rotatable bonds is 0. The molecule has 0 amide bonds. The molecule has 0 aromatic rings. The Balaban J connectivity index is -0.000000109. The van der Waals surface area contributed by atoms with Gasteiger partial charge in [0, 0.05) is 0 Å². The quantitative estimate of drug-likeness (QED) is 0.339. The van der Waals surface area contributed by atoms with Crippen LogP contribution in [0, 0.1) is 0 Å². The summed E-state index contributed by atoms with van der Waals surface area (Å²) in [7, 11) is 0. The molecule has 0 saturated heterocycles. The number of carbonyl (C=O) groups is 2. The third-order valence-electron chi connectivity index (χ3n) is 0.167. The SMILES string of the molecule is O=C([O-])C(=O)[O-].[Ag+2].[O]=[Ag]. The monoisotopic (exact) mass is 318 g/mol. The van der Waals surface area contributed by atoms with Gasteiger partial charge in [-0.1, -0.05) is 0 Å². The second kappa shape index (κ2) is 11.1. The summed E-state index contributed by atoms with van der Waals surface area (Å²) in [5, 5.41) is 17.9. The Morgan fingerprint density at radius 3 is 1.11 bits per heavy atom. The minimum absolute atomic E-state index is 0. The van der Waals surface area contributed by atoms with Crippen LogP contribution in [-0.2, 0) is 56.3 Å². The average Bonchev–Trinajstić information content (AvgIpc) is 1.72. The van der Waals surface area contributed by atoms with Gasteiger partial charge in [0.2, 0.25) is 0 Å². The van der Waals surface area contributed by atoms with E-state index in [2.05, 4.69) is 0 Å². The fourth-order valence-electron chi connectivity index (χ4n) is 0. The average molecular weight is 320 g/mol. The Bertz CT molecular complexity index is 89.1. The zero-order chi connectivity index (χ0) is 7.15. The van der Waals surface area contributed by atoms with Crippen molar-refractivity contribution < 1.29 is 66.5 Å². The van der Waals surface area contributed by atoms with Crippen molar-refractivity contribution >= 4 is 11.9 Å². The molecule has 0 aromatic carbocycles. The van der Waals surface area contributed by atoms with E-state index in [4.69, 9.17) is 23.1 Å². The van der Waals surface area contributed by atoms with Gasteiger partial charge in [0.25, 0.3) is 0 Å². The molecule has 0 aliphatic carbocycles. The van der Waals surface area contributed by atoms with Crippen LogP contribution in [0.15, 0.2) is 0 Å². The first-order chi connectivity index (χ1) is 3.64. The van der Waals surface area contributed by atoms with Crippen molar-refractivity contribution in [3.8, 4) is 0 Å². The van der Waals surface area contributed by atoms with Crippen LogP contribution in [0.1, 0.15) is 0 Å². The van der Waals surface area contributed by atoms with E-state index in [1.165, 1.54) is 0 Å². The van der Waals surface area contributed by atoms with Crippen LogP contribution in [0.3, 0.4) is 0 Å². The van der Waals surface area contributed by atoms with Crippen LogP contribution in [0.4, 0.5) is 0 Å². The Morgan fingerprint density at radius 2 is 1.11 bits per heavy atom. The summed E-state index contributed by atoms with van der Waals surface area (Å²) in [6, 6.07) is 0. The van der Waals surface area contributed by atoms with Crippen molar-refractivity contribution in [2.45, 2.75) is 0 Å². The molecule has 0 rings (SSSR count). The number of hydrogen-bond donors (Lipinski definition) is 0. The molecular weight excluding hydrogens is 320 g/mol. The molecule has 0 aliphatic heterocycles. The third-order valence-corrected chi connectivity index (χ3v) is 0.167. The molecule has 0 aliphatic rings. The van der Waals surface area contributed by atoms with E-state index < -0.39 is 11.9 Å². The minimum atomic E-state index is -2.19. The number of aliphatic carboxylic acids is 2. The molecule has 5 nitrogen and oxygen atoms in total. The van der Waals surface area contributed by atoms with Crippen molar-refractivity contribution in [3.05, 3.63) is 0 Å². The molecule has 0 aromatic heterocycles. The summed E-state index contributed by atoms with van der Waals surface area (Å²) in [6.45, 7) is 0. The van der Waals surface area contributed by atoms with Crippen LogP contribution in [0.25, 0.3) is 0 Å². The summed E-state index contributed by atoms with van der Waals surface area (Å²) in [6.07, 6.45) is 0. The molecule has 0 spiro atoms. The predicted octanol–water partition coefficient (Wildman–Crippen LogP) is -3.64. The molecule has 0 N–H and O–H groups in total. The molecule has 60 valence electrons. The molecule has 0 saturated carbocycles. The van der Waals surface area contributed by atoms with E-state index in [1.54, 1.807) is 21.0 Å². The third kappa shape index (κ3) is 17.9. The van der Waals surface area contributed by atoms with Gasteiger partial charge >= 0.3 is 46.7 Å². The number of carbonyl (C=O) groups excluding carboxylic acids is 2. The predicted molar refractivity (Wildman–Crippen MR) is 10.7 cm³/mol. The van der Waals surface area contributed by atoms with E-state index in [0.717, 1.165) is 0 Å². The molecule has 0 heterocycles. The number of carboxylic acid groups (broad SMARTS) is 2. The zero-order valence-corrected chi connectivity index (χ0v) is 6.61. The van der Waals surface area contributed by atoms with Gasteiger partial charge in [-0.05, 0) is 0 Å². The molecule has 1 radical (unpaired) electrons. The van der Waals surface area contributed by atoms with Gasteiger partial charge in [-0.25, -0.2) is 0 Å². The maximum atomic E-state index is 8.93. The van der Waals surface area contributed by atoms with Gasteiger partial charge in [-0.15, -0.1) is 0 Å². The second-order valence-corrected chi connectivity index (χ2v) is 0.575. The van der Waals surface area contributed by atoms with Crippen LogP contribution >= 0.6 is 0 Å².